The number of rotatable bonds is 5. The Morgan fingerprint density at radius 2 is 1.95 bits per heavy atom. The second kappa shape index (κ2) is 6.16. The van der Waals surface area contributed by atoms with Gasteiger partial charge in [-0.3, -0.25) is 4.79 Å². The molecule has 0 bridgehead atoms. The summed E-state index contributed by atoms with van der Waals surface area (Å²) in [6.07, 6.45) is 0. The molecular weight excluding hydrogens is 264 g/mol. The van der Waals surface area contributed by atoms with Gasteiger partial charge in [0.05, 0.1) is 4.90 Å². The van der Waals surface area contributed by atoms with Crippen LogP contribution in [0.5, 0.6) is 0 Å². The Morgan fingerprint density at radius 1 is 1.32 bits per heavy atom. The van der Waals surface area contributed by atoms with Crippen molar-refractivity contribution in [1.82, 2.24) is 10.0 Å². The molecule has 0 aromatic heterocycles. The largest absolute Gasteiger partial charge is 0.352 e. The number of amides is 1. The fraction of sp³-hybridized carbons (Fsp3) is 0.462. The molecule has 1 aromatic rings. The molecule has 1 aromatic carbocycles. The second-order valence-electron chi connectivity index (χ2n) is 4.79. The number of hydrogen-bond donors (Lipinski definition) is 2. The molecule has 19 heavy (non-hydrogen) atoms. The summed E-state index contributed by atoms with van der Waals surface area (Å²) in [4.78, 5) is 12.1. The van der Waals surface area contributed by atoms with E-state index in [0.717, 1.165) is 5.56 Å². The van der Waals surface area contributed by atoms with Gasteiger partial charge in [-0.2, -0.15) is 0 Å². The van der Waals surface area contributed by atoms with Crippen molar-refractivity contribution in [1.29, 1.82) is 0 Å². The Morgan fingerprint density at radius 3 is 2.47 bits per heavy atom. The molecule has 0 heterocycles. The van der Waals surface area contributed by atoms with E-state index in [-0.39, 0.29) is 10.8 Å². The molecule has 0 unspecified atom stereocenters. The van der Waals surface area contributed by atoms with Crippen LogP contribution in [0.1, 0.15) is 29.8 Å². The SMILES string of the molecule is CNS(=O)(=O)c1ccc(C)c(C(=O)NCC(C)C)c1. The molecule has 0 aliphatic carbocycles. The molecule has 1 rings (SSSR count). The van der Waals surface area contributed by atoms with Crippen molar-refractivity contribution in [3.63, 3.8) is 0 Å². The highest BCUT2D eigenvalue weighted by atomic mass is 32.2. The minimum Gasteiger partial charge on any atom is -0.352 e. The molecule has 0 fully saturated rings. The van der Waals surface area contributed by atoms with Crippen LogP contribution in [0.4, 0.5) is 0 Å². The van der Waals surface area contributed by atoms with Gasteiger partial charge < -0.3 is 5.32 Å². The predicted molar refractivity (Wildman–Crippen MR) is 74.6 cm³/mol. The zero-order valence-electron chi connectivity index (χ0n) is 11.6. The van der Waals surface area contributed by atoms with Gasteiger partial charge in [-0.05, 0) is 37.6 Å². The maximum Gasteiger partial charge on any atom is 0.251 e. The first-order valence-corrected chi connectivity index (χ1v) is 7.58. The van der Waals surface area contributed by atoms with E-state index in [1.165, 1.54) is 19.2 Å². The van der Waals surface area contributed by atoms with Crippen LogP contribution in [-0.4, -0.2) is 27.9 Å². The van der Waals surface area contributed by atoms with Crippen molar-refractivity contribution < 1.29 is 13.2 Å². The van der Waals surface area contributed by atoms with E-state index in [4.69, 9.17) is 0 Å². The van der Waals surface area contributed by atoms with Crippen LogP contribution in [0.15, 0.2) is 23.1 Å². The molecule has 5 nitrogen and oxygen atoms in total. The summed E-state index contributed by atoms with van der Waals surface area (Å²) in [6, 6.07) is 4.52. The smallest absolute Gasteiger partial charge is 0.251 e. The van der Waals surface area contributed by atoms with Crippen LogP contribution < -0.4 is 10.0 Å². The Balaban J connectivity index is 3.08. The third kappa shape index (κ3) is 4.04. The minimum absolute atomic E-state index is 0.0929. The van der Waals surface area contributed by atoms with E-state index in [9.17, 15) is 13.2 Å². The highest BCUT2D eigenvalue weighted by Crippen LogP contribution is 2.15. The van der Waals surface area contributed by atoms with Crippen molar-refractivity contribution in [3.8, 4) is 0 Å². The van der Waals surface area contributed by atoms with E-state index >= 15 is 0 Å². The van der Waals surface area contributed by atoms with Crippen molar-refractivity contribution >= 4 is 15.9 Å². The molecule has 2 N–H and O–H groups in total. The number of nitrogens with one attached hydrogen (secondary N) is 2. The molecule has 0 radical (unpaired) electrons. The lowest BCUT2D eigenvalue weighted by atomic mass is 10.1. The molecule has 0 atom stereocenters. The van der Waals surface area contributed by atoms with Gasteiger partial charge in [-0.1, -0.05) is 19.9 Å². The zero-order valence-corrected chi connectivity index (χ0v) is 12.5. The van der Waals surface area contributed by atoms with Gasteiger partial charge in [-0.25, -0.2) is 13.1 Å². The number of carbonyl (C=O) groups is 1. The summed E-state index contributed by atoms with van der Waals surface area (Å²) in [5.41, 5.74) is 1.13. The van der Waals surface area contributed by atoms with E-state index in [0.29, 0.717) is 18.0 Å². The van der Waals surface area contributed by atoms with Crippen molar-refractivity contribution in [2.24, 2.45) is 5.92 Å². The summed E-state index contributed by atoms with van der Waals surface area (Å²) in [6.45, 7) is 6.32. The van der Waals surface area contributed by atoms with E-state index in [1.54, 1.807) is 13.0 Å². The first-order chi connectivity index (χ1) is 8.77. The van der Waals surface area contributed by atoms with Gasteiger partial charge in [0.15, 0.2) is 0 Å². The fourth-order valence-corrected chi connectivity index (χ4v) is 2.28. The maximum atomic E-state index is 12.0. The number of carbonyl (C=O) groups excluding carboxylic acids is 1. The first-order valence-electron chi connectivity index (χ1n) is 6.10. The van der Waals surface area contributed by atoms with Crippen LogP contribution in [0.25, 0.3) is 0 Å². The van der Waals surface area contributed by atoms with Crippen molar-refractivity contribution in [2.45, 2.75) is 25.7 Å². The quantitative estimate of drug-likeness (QED) is 0.855. The molecule has 106 valence electrons. The molecule has 0 aliphatic rings. The monoisotopic (exact) mass is 284 g/mol. The van der Waals surface area contributed by atoms with Crippen LogP contribution in [0.3, 0.4) is 0 Å². The molecule has 0 saturated heterocycles. The maximum absolute atomic E-state index is 12.0. The van der Waals surface area contributed by atoms with Crippen molar-refractivity contribution in [2.75, 3.05) is 13.6 Å². The highest BCUT2D eigenvalue weighted by Gasteiger charge is 2.16. The van der Waals surface area contributed by atoms with Crippen LogP contribution in [-0.2, 0) is 10.0 Å². The number of hydrogen-bond acceptors (Lipinski definition) is 3. The van der Waals surface area contributed by atoms with Gasteiger partial charge in [0, 0.05) is 12.1 Å². The van der Waals surface area contributed by atoms with Crippen LogP contribution >= 0.6 is 0 Å². The lowest BCUT2D eigenvalue weighted by Gasteiger charge is -2.11. The van der Waals surface area contributed by atoms with Gasteiger partial charge in [-0.15, -0.1) is 0 Å². The number of aryl methyl sites for hydroxylation is 1. The summed E-state index contributed by atoms with van der Waals surface area (Å²) < 4.78 is 25.7. The Kier molecular flexibility index (Phi) is 5.08. The fourth-order valence-electron chi connectivity index (χ4n) is 1.52. The second-order valence-corrected chi connectivity index (χ2v) is 6.67. The van der Waals surface area contributed by atoms with Crippen molar-refractivity contribution in [3.05, 3.63) is 29.3 Å². The van der Waals surface area contributed by atoms with Gasteiger partial charge in [0.25, 0.3) is 5.91 Å². The molecule has 1 amide bonds. The summed E-state index contributed by atoms with van der Waals surface area (Å²) in [5.74, 6) is 0.0906. The zero-order chi connectivity index (χ0) is 14.6. The molecular formula is C13H20N2O3S. The molecule has 0 aliphatic heterocycles. The Hall–Kier alpha value is -1.40. The predicted octanol–water partition coefficient (Wildman–Crippen LogP) is 1.29. The van der Waals surface area contributed by atoms with Crippen LogP contribution in [0, 0.1) is 12.8 Å². The number of benzene rings is 1. The van der Waals surface area contributed by atoms with Gasteiger partial charge >= 0.3 is 0 Å². The topological polar surface area (TPSA) is 75.3 Å². The summed E-state index contributed by atoms with van der Waals surface area (Å²) in [5, 5.41) is 2.78. The highest BCUT2D eigenvalue weighted by molar-refractivity contribution is 7.89. The molecule has 0 spiro atoms. The Labute approximate surface area is 114 Å². The summed E-state index contributed by atoms with van der Waals surface area (Å²) >= 11 is 0. The minimum atomic E-state index is -3.53. The average molecular weight is 284 g/mol. The number of sulfonamides is 1. The standard InChI is InChI=1S/C13H20N2O3S/c1-9(2)8-15-13(16)12-7-11(6-5-10(12)3)19(17,18)14-4/h5-7,9,14H,8H2,1-4H3,(H,15,16). The van der Waals surface area contributed by atoms with Gasteiger partial charge in [0.2, 0.25) is 10.0 Å². The van der Waals surface area contributed by atoms with Crippen LogP contribution in [0.2, 0.25) is 0 Å². The summed E-state index contributed by atoms with van der Waals surface area (Å²) in [7, 11) is -2.19. The van der Waals surface area contributed by atoms with E-state index in [1.807, 2.05) is 13.8 Å². The molecule has 6 heteroatoms. The third-order valence-corrected chi connectivity index (χ3v) is 4.12. The van der Waals surface area contributed by atoms with Gasteiger partial charge in [0.1, 0.15) is 0 Å². The Bertz CT molecular complexity index is 565. The molecule has 0 saturated carbocycles. The lowest BCUT2D eigenvalue weighted by molar-refractivity contribution is 0.0948. The van der Waals surface area contributed by atoms with E-state index in [2.05, 4.69) is 10.0 Å². The third-order valence-electron chi connectivity index (χ3n) is 2.70. The normalized spacial score (nSPS) is 11.6. The average Bonchev–Trinajstić information content (AvgIpc) is 2.36. The first kappa shape index (κ1) is 15.7. The lowest BCUT2D eigenvalue weighted by Crippen LogP contribution is -2.28. The van der Waals surface area contributed by atoms with E-state index < -0.39 is 10.0 Å².